The molecule has 0 atom stereocenters. The first-order chi connectivity index (χ1) is 9.02. The molecule has 0 aliphatic carbocycles. The predicted octanol–water partition coefficient (Wildman–Crippen LogP) is 4.73. The smallest absolute Gasteiger partial charge is 0.148 e. The zero-order chi connectivity index (χ0) is 14.0. The number of nitrogens with one attached hydrogen (secondary N) is 1. The Labute approximate surface area is 125 Å². The maximum atomic E-state index is 9.22. The molecule has 0 bridgehead atoms. The van der Waals surface area contributed by atoms with Gasteiger partial charge in [0.25, 0.3) is 0 Å². The fourth-order valence-corrected chi connectivity index (χ4v) is 2.33. The van der Waals surface area contributed by atoms with Crippen molar-refractivity contribution in [2.75, 3.05) is 5.32 Å². The van der Waals surface area contributed by atoms with Gasteiger partial charge in [-0.05, 0) is 53.5 Å². The summed E-state index contributed by atoms with van der Waals surface area (Å²) in [4.78, 5) is 4.37. The summed E-state index contributed by atoms with van der Waals surface area (Å²) < 4.78 is 0.751. The van der Waals surface area contributed by atoms with E-state index in [1.165, 1.54) is 0 Å². The highest BCUT2D eigenvalue weighted by molar-refractivity contribution is 9.10. The molecule has 96 valence electrons. The number of hydrogen-bond acceptors (Lipinski definition) is 3. The fourth-order valence-electron chi connectivity index (χ4n) is 1.80. The number of aryl methyl sites for hydroxylation is 2. The molecule has 0 fully saturated rings. The maximum absolute atomic E-state index is 9.22. The van der Waals surface area contributed by atoms with Gasteiger partial charge in [-0.3, -0.25) is 0 Å². The van der Waals surface area contributed by atoms with Crippen molar-refractivity contribution < 1.29 is 0 Å². The molecular weight excluding hydrogens is 326 g/mol. The molecule has 1 aromatic carbocycles. The van der Waals surface area contributed by atoms with Crippen molar-refractivity contribution in [1.82, 2.24) is 4.98 Å². The van der Waals surface area contributed by atoms with E-state index in [2.05, 4.69) is 32.3 Å². The number of anilines is 2. The van der Waals surface area contributed by atoms with Gasteiger partial charge in [-0.2, -0.15) is 5.26 Å². The highest BCUT2D eigenvalue weighted by Crippen LogP contribution is 2.32. The molecule has 19 heavy (non-hydrogen) atoms. The molecule has 0 aliphatic rings. The molecule has 3 nitrogen and oxygen atoms in total. The standard InChI is InChI=1S/C14H11BrClN3/c1-8-6-9(2)18-14(10(8)7-17)19-12-5-3-4-11(16)13(12)15/h3-6H,1-2H3,(H,18,19). The van der Waals surface area contributed by atoms with Gasteiger partial charge in [0.1, 0.15) is 11.9 Å². The SMILES string of the molecule is Cc1cc(C)c(C#N)c(Nc2cccc(Cl)c2Br)n1. The van der Waals surface area contributed by atoms with Crippen molar-refractivity contribution in [3.8, 4) is 6.07 Å². The summed E-state index contributed by atoms with van der Waals surface area (Å²) in [5, 5.41) is 13.0. The first kappa shape index (κ1) is 13.9. The highest BCUT2D eigenvalue weighted by Gasteiger charge is 2.11. The van der Waals surface area contributed by atoms with Gasteiger partial charge in [0.05, 0.1) is 20.7 Å². The summed E-state index contributed by atoms with van der Waals surface area (Å²) in [6.45, 7) is 3.79. The molecule has 1 aromatic heterocycles. The van der Waals surface area contributed by atoms with Crippen molar-refractivity contribution in [2.45, 2.75) is 13.8 Å². The first-order valence-corrected chi connectivity index (χ1v) is 6.79. The summed E-state index contributed by atoms with van der Waals surface area (Å²) in [6.07, 6.45) is 0. The van der Waals surface area contributed by atoms with Crippen LogP contribution in [0.15, 0.2) is 28.7 Å². The van der Waals surface area contributed by atoms with Gasteiger partial charge in [0, 0.05) is 5.69 Å². The molecule has 1 N–H and O–H groups in total. The Hall–Kier alpha value is -1.57. The molecule has 1 heterocycles. The van der Waals surface area contributed by atoms with E-state index in [4.69, 9.17) is 11.6 Å². The van der Waals surface area contributed by atoms with Crippen LogP contribution in [0.4, 0.5) is 11.5 Å². The summed E-state index contributed by atoms with van der Waals surface area (Å²) in [5.74, 6) is 0.544. The normalized spacial score (nSPS) is 10.1. The molecule has 0 unspecified atom stereocenters. The third-order valence-electron chi connectivity index (χ3n) is 2.66. The second-order valence-corrected chi connectivity index (χ2v) is 5.34. The molecule has 2 aromatic rings. The van der Waals surface area contributed by atoms with Gasteiger partial charge >= 0.3 is 0 Å². The summed E-state index contributed by atoms with van der Waals surface area (Å²) in [6, 6.07) is 9.56. The fraction of sp³-hybridized carbons (Fsp3) is 0.143. The molecule has 2 rings (SSSR count). The van der Waals surface area contributed by atoms with E-state index in [0.717, 1.165) is 21.4 Å². The van der Waals surface area contributed by atoms with Gasteiger partial charge in [-0.1, -0.05) is 17.7 Å². The quantitative estimate of drug-likeness (QED) is 0.862. The molecule has 0 aliphatic heterocycles. The van der Waals surface area contributed by atoms with Crippen LogP contribution >= 0.6 is 27.5 Å². The lowest BCUT2D eigenvalue weighted by Crippen LogP contribution is -2.01. The topological polar surface area (TPSA) is 48.7 Å². The molecule has 5 heteroatoms. The number of halogens is 2. The van der Waals surface area contributed by atoms with Crippen LogP contribution in [0.1, 0.15) is 16.8 Å². The number of pyridine rings is 1. The Bertz CT molecular complexity index is 677. The van der Waals surface area contributed by atoms with E-state index < -0.39 is 0 Å². The van der Waals surface area contributed by atoms with E-state index in [0.29, 0.717) is 16.4 Å². The van der Waals surface area contributed by atoms with Crippen LogP contribution < -0.4 is 5.32 Å². The van der Waals surface area contributed by atoms with E-state index >= 15 is 0 Å². The van der Waals surface area contributed by atoms with Gasteiger partial charge < -0.3 is 5.32 Å². The van der Waals surface area contributed by atoms with Crippen molar-refractivity contribution in [3.05, 3.63) is 50.6 Å². The minimum atomic E-state index is 0.539. The third-order valence-corrected chi connectivity index (χ3v) is 4.06. The Balaban J connectivity index is 2.50. The lowest BCUT2D eigenvalue weighted by molar-refractivity contribution is 1.16. The van der Waals surface area contributed by atoms with Gasteiger partial charge in [-0.15, -0.1) is 0 Å². The molecule has 0 spiro atoms. The number of nitrogens with zero attached hydrogens (tertiary/aromatic N) is 2. The van der Waals surface area contributed by atoms with Gasteiger partial charge in [0.2, 0.25) is 0 Å². The minimum Gasteiger partial charge on any atom is -0.338 e. The van der Waals surface area contributed by atoms with E-state index in [1.54, 1.807) is 6.07 Å². The second kappa shape index (κ2) is 5.60. The Morgan fingerprint density at radius 3 is 2.79 bits per heavy atom. The number of aromatic nitrogens is 1. The third kappa shape index (κ3) is 2.89. The van der Waals surface area contributed by atoms with Gasteiger partial charge in [0.15, 0.2) is 0 Å². The Morgan fingerprint density at radius 2 is 2.11 bits per heavy atom. The number of nitriles is 1. The maximum Gasteiger partial charge on any atom is 0.148 e. The Kier molecular flexibility index (Phi) is 4.08. The molecule has 0 saturated heterocycles. The molecule has 0 amide bonds. The zero-order valence-electron chi connectivity index (χ0n) is 10.5. The van der Waals surface area contributed by atoms with E-state index in [1.807, 2.05) is 32.0 Å². The van der Waals surface area contributed by atoms with E-state index in [-0.39, 0.29) is 0 Å². The molecule has 0 saturated carbocycles. The van der Waals surface area contributed by atoms with Crippen LogP contribution in [0.3, 0.4) is 0 Å². The number of rotatable bonds is 2. The average molecular weight is 337 g/mol. The summed E-state index contributed by atoms with van der Waals surface area (Å²) in [7, 11) is 0. The summed E-state index contributed by atoms with van der Waals surface area (Å²) in [5.41, 5.74) is 3.08. The van der Waals surface area contributed by atoms with Crippen LogP contribution in [0.25, 0.3) is 0 Å². The van der Waals surface area contributed by atoms with Gasteiger partial charge in [-0.25, -0.2) is 4.98 Å². The molecular formula is C14H11BrClN3. The first-order valence-electron chi connectivity index (χ1n) is 5.62. The zero-order valence-corrected chi connectivity index (χ0v) is 12.8. The van der Waals surface area contributed by atoms with Crippen LogP contribution in [-0.2, 0) is 0 Å². The monoisotopic (exact) mass is 335 g/mol. The second-order valence-electron chi connectivity index (χ2n) is 4.14. The van der Waals surface area contributed by atoms with Crippen molar-refractivity contribution in [3.63, 3.8) is 0 Å². The molecule has 0 radical (unpaired) electrons. The predicted molar refractivity (Wildman–Crippen MR) is 80.9 cm³/mol. The van der Waals surface area contributed by atoms with Crippen LogP contribution in [0.5, 0.6) is 0 Å². The highest BCUT2D eigenvalue weighted by atomic mass is 79.9. The number of benzene rings is 1. The van der Waals surface area contributed by atoms with Crippen LogP contribution in [0, 0.1) is 25.2 Å². The number of hydrogen-bond donors (Lipinski definition) is 1. The van der Waals surface area contributed by atoms with Crippen LogP contribution in [0.2, 0.25) is 5.02 Å². The average Bonchev–Trinajstić information content (AvgIpc) is 2.34. The minimum absolute atomic E-state index is 0.539. The van der Waals surface area contributed by atoms with Crippen molar-refractivity contribution in [2.24, 2.45) is 0 Å². The van der Waals surface area contributed by atoms with E-state index in [9.17, 15) is 5.26 Å². The van der Waals surface area contributed by atoms with Crippen molar-refractivity contribution >= 4 is 39.0 Å². The van der Waals surface area contributed by atoms with Crippen molar-refractivity contribution in [1.29, 1.82) is 5.26 Å². The van der Waals surface area contributed by atoms with Crippen LogP contribution in [-0.4, -0.2) is 4.98 Å². The lowest BCUT2D eigenvalue weighted by atomic mass is 10.1. The largest absolute Gasteiger partial charge is 0.338 e. The lowest BCUT2D eigenvalue weighted by Gasteiger charge is -2.12. The summed E-state index contributed by atoms with van der Waals surface area (Å²) >= 11 is 9.46. The Morgan fingerprint density at radius 1 is 1.37 bits per heavy atom.